The number of nitrogen functional groups attached to an aromatic ring is 1. The first-order valence-electron chi connectivity index (χ1n) is 12.5. The molecule has 0 radical (unpaired) electrons. The Labute approximate surface area is 238 Å². The monoisotopic (exact) mass is 614 g/mol. The van der Waals surface area contributed by atoms with Crippen molar-refractivity contribution >= 4 is 50.3 Å². The lowest BCUT2D eigenvalue weighted by Crippen LogP contribution is -2.73. The third-order valence-corrected chi connectivity index (χ3v) is 8.21. The number of amides is 2. The van der Waals surface area contributed by atoms with Crippen molar-refractivity contribution in [2.24, 2.45) is 5.16 Å². The summed E-state index contributed by atoms with van der Waals surface area (Å²) in [7, 11) is -3.17. The van der Waals surface area contributed by atoms with E-state index in [0.717, 1.165) is 22.7 Å². The maximum absolute atomic E-state index is 13.3. The summed E-state index contributed by atoms with van der Waals surface area (Å²) in [5, 5.41) is 31.8. The molecular weight excluding hydrogens is 584 g/mol. The van der Waals surface area contributed by atoms with Gasteiger partial charge in [-0.3, -0.25) is 14.1 Å². The van der Waals surface area contributed by atoms with Gasteiger partial charge in [-0.05, 0) is 19.9 Å². The lowest BCUT2D eigenvalue weighted by molar-refractivity contribution is -0.165. The van der Waals surface area contributed by atoms with Crippen molar-refractivity contribution in [3.63, 3.8) is 0 Å². The number of oxime groups is 1. The number of hydrogen-bond acceptors (Lipinski definition) is 14. The third-order valence-electron chi connectivity index (χ3n) is 6.59. The molecule has 1 saturated heterocycles. The highest BCUT2D eigenvalue weighted by Crippen LogP contribution is 2.34. The highest BCUT2D eigenvalue weighted by atomic mass is 32.2. The molecule has 1 aliphatic carbocycles. The SMILES string of the molecule is CNCCNCc1cnn(C[C@@H]2[C@H](NC(=O)/C(=N\OC3(C(=O)O)CCCC3)c3csc(N)n3)C(=O)N2S(=O)(=O)O)n1. The highest BCUT2D eigenvalue weighted by Gasteiger charge is 2.55. The molecule has 0 unspecified atom stereocenters. The van der Waals surface area contributed by atoms with Gasteiger partial charge in [0.25, 0.3) is 11.8 Å². The number of nitrogens with one attached hydrogen (secondary N) is 3. The molecule has 20 heteroatoms. The molecule has 2 amide bonds. The van der Waals surface area contributed by atoms with Crippen molar-refractivity contribution in [1.29, 1.82) is 0 Å². The number of aliphatic carboxylic acids is 1. The van der Waals surface area contributed by atoms with Crippen LogP contribution in [0, 0.1) is 0 Å². The molecule has 1 aliphatic heterocycles. The average molecular weight is 615 g/mol. The van der Waals surface area contributed by atoms with Gasteiger partial charge in [0, 0.05) is 37.9 Å². The summed E-state index contributed by atoms with van der Waals surface area (Å²) in [4.78, 5) is 48.5. The third kappa shape index (κ3) is 6.78. The minimum absolute atomic E-state index is 0.0392. The van der Waals surface area contributed by atoms with Crippen molar-refractivity contribution < 1.29 is 37.3 Å². The van der Waals surface area contributed by atoms with E-state index in [1.807, 2.05) is 7.05 Å². The Morgan fingerprint density at radius 3 is 2.66 bits per heavy atom. The molecule has 224 valence electrons. The van der Waals surface area contributed by atoms with Gasteiger partial charge in [-0.2, -0.15) is 23.4 Å². The maximum Gasteiger partial charge on any atom is 0.362 e. The lowest BCUT2D eigenvalue weighted by Gasteiger charge is -2.43. The quantitative estimate of drug-likeness (QED) is 0.0440. The number of likely N-dealkylation sites (N-methyl/N-ethyl adjacent to an activating group) is 1. The molecule has 7 N–H and O–H groups in total. The molecule has 1 saturated carbocycles. The van der Waals surface area contributed by atoms with E-state index in [1.54, 1.807) is 0 Å². The topological polar surface area (TPSA) is 256 Å². The first-order chi connectivity index (χ1) is 19.4. The highest BCUT2D eigenvalue weighted by molar-refractivity contribution is 7.84. The van der Waals surface area contributed by atoms with Gasteiger partial charge in [0.2, 0.25) is 5.60 Å². The summed E-state index contributed by atoms with van der Waals surface area (Å²) in [5.41, 5.74) is 4.10. The summed E-state index contributed by atoms with van der Waals surface area (Å²) >= 11 is 0.987. The number of carbonyl (C=O) groups is 3. The maximum atomic E-state index is 13.3. The normalized spacial score (nSPS) is 20.6. The van der Waals surface area contributed by atoms with E-state index < -0.39 is 51.5 Å². The second kappa shape index (κ2) is 12.4. The van der Waals surface area contributed by atoms with Crippen LogP contribution in [0.2, 0.25) is 0 Å². The summed E-state index contributed by atoms with van der Waals surface area (Å²) in [6.45, 7) is 1.48. The number of carboxylic acid groups (broad SMARTS) is 1. The summed E-state index contributed by atoms with van der Waals surface area (Å²) in [6.07, 6.45) is 2.98. The van der Waals surface area contributed by atoms with E-state index >= 15 is 0 Å². The molecule has 2 aromatic heterocycles. The molecule has 2 aliphatic rings. The van der Waals surface area contributed by atoms with E-state index in [2.05, 4.69) is 36.3 Å². The summed E-state index contributed by atoms with van der Waals surface area (Å²) < 4.78 is 33.7. The Bertz CT molecular complexity index is 1420. The number of β-lactam (4-membered cyclic amide) rings is 1. The number of nitrogens with zero attached hydrogens (tertiary/aromatic N) is 6. The zero-order chi connectivity index (χ0) is 29.8. The standard InChI is InChI=1S/C21H30N10O8S2/c1-23-6-7-24-8-12-9-25-30(28-12)10-14-16(18(33)31(14)41(36,37)38)27-17(32)15(13-11-40-20(22)26-13)29-39-21(19(34)35)4-2-3-5-21/h9,11,14,16,23-24H,2-8,10H2,1H3,(H2,22,26)(H,27,32)(H,34,35)(H,36,37,38)/b29-15-/t14-,16+/m1/s1. The zero-order valence-corrected chi connectivity index (χ0v) is 23.5. The van der Waals surface area contributed by atoms with Crippen molar-refractivity contribution in [1.82, 2.24) is 40.2 Å². The average Bonchev–Trinajstić information content (AvgIpc) is 3.66. The number of carboxylic acids is 1. The van der Waals surface area contributed by atoms with Gasteiger partial charge in [0.15, 0.2) is 10.8 Å². The predicted molar refractivity (Wildman–Crippen MR) is 143 cm³/mol. The second-order valence-electron chi connectivity index (χ2n) is 9.41. The van der Waals surface area contributed by atoms with Crippen LogP contribution in [0.15, 0.2) is 16.7 Å². The van der Waals surface area contributed by atoms with Gasteiger partial charge in [-0.1, -0.05) is 5.16 Å². The Balaban J connectivity index is 1.54. The van der Waals surface area contributed by atoms with Crippen molar-refractivity contribution in [3.05, 3.63) is 23.0 Å². The zero-order valence-electron chi connectivity index (χ0n) is 21.9. The van der Waals surface area contributed by atoms with Crippen LogP contribution in [0.4, 0.5) is 5.13 Å². The Kier molecular flexibility index (Phi) is 9.17. The summed E-state index contributed by atoms with van der Waals surface area (Å²) in [5.74, 6) is -3.35. The minimum Gasteiger partial charge on any atom is -0.478 e. The van der Waals surface area contributed by atoms with Crippen molar-refractivity contribution in [3.8, 4) is 0 Å². The first kappa shape index (κ1) is 30.2. The molecule has 2 aromatic rings. The Morgan fingerprint density at radius 1 is 1.32 bits per heavy atom. The van der Waals surface area contributed by atoms with Crippen LogP contribution in [0.25, 0.3) is 0 Å². The number of aromatic nitrogens is 4. The molecule has 18 nitrogen and oxygen atoms in total. The van der Waals surface area contributed by atoms with Gasteiger partial charge in [-0.25, -0.2) is 14.1 Å². The molecule has 2 atom stereocenters. The van der Waals surface area contributed by atoms with E-state index in [1.165, 1.54) is 11.6 Å². The molecule has 0 aromatic carbocycles. The van der Waals surface area contributed by atoms with Gasteiger partial charge in [0.05, 0.1) is 18.4 Å². The molecule has 41 heavy (non-hydrogen) atoms. The van der Waals surface area contributed by atoms with Crippen LogP contribution in [-0.4, -0.2) is 104 Å². The summed E-state index contributed by atoms with van der Waals surface area (Å²) in [6, 6.07) is -2.73. The fourth-order valence-electron chi connectivity index (χ4n) is 4.47. The number of anilines is 1. The van der Waals surface area contributed by atoms with E-state index in [0.29, 0.717) is 31.6 Å². The van der Waals surface area contributed by atoms with E-state index in [4.69, 9.17) is 10.6 Å². The first-order valence-corrected chi connectivity index (χ1v) is 14.8. The minimum atomic E-state index is -4.98. The van der Waals surface area contributed by atoms with Crippen LogP contribution < -0.4 is 21.7 Å². The lowest BCUT2D eigenvalue weighted by atomic mass is 9.98. The Hall–Kier alpha value is -3.72. The molecule has 2 fully saturated rings. The molecule has 3 heterocycles. The molecule has 4 rings (SSSR count). The number of hydrogen-bond donors (Lipinski definition) is 6. The van der Waals surface area contributed by atoms with Gasteiger partial charge in [-0.15, -0.1) is 11.3 Å². The smallest absolute Gasteiger partial charge is 0.362 e. The molecule has 0 spiro atoms. The molecule has 0 bridgehead atoms. The van der Waals surface area contributed by atoms with Crippen LogP contribution in [-0.2, 0) is 42.6 Å². The number of rotatable bonds is 14. The Morgan fingerprint density at radius 2 is 2.05 bits per heavy atom. The van der Waals surface area contributed by atoms with Crippen molar-refractivity contribution in [2.75, 3.05) is 25.9 Å². The van der Waals surface area contributed by atoms with Crippen LogP contribution >= 0.6 is 11.3 Å². The van der Waals surface area contributed by atoms with E-state index in [-0.39, 0.29) is 34.5 Å². The number of nitrogens with two attached hydrogens (primary N) is 1. The fourth-order valence-corrected chi connectivity index (χ4v) is 5.89. The van der Waals surface area contributed by atoms with E-state index in [9.17, 15) is 32.5 Å². The number of thiazole rings is 1. The van der Waals surface area contributed by atoms with Crippen LogP contribution in [0.3, 0.4) is 0 Å². The molecular formula is C21H30N10O8S2. The largest absolute Gasteiger partial charge is 0.478 e. The number of carbonyl (C=O) groups excluding carboxylic acids is 2. The van der Waals surface area contributed by atoms with Crippen LogP contribution in [0.1, 0.15) is 37.1 Å². The fraction of sp³-hybridized carbons (Fsp3) is 0.571. The predicted octanol–water partition coefficient (Wildman–Crippen LogP) is -2.06. The van der Waals surface area contributed by atoms with Gasteiger partial charge < -0.3 is 31.6 Å². The van der Waals surface area contributed by atoms with Gasteiger partial charge >= 0.3 is 16.3 Å². The van der Waals surface area contributed by atoms with Crippen LogP contribution in [0.5, 0.6) is 0 Å². The van der Waals surface area contributed by atoms with Gasteiger partial charge in [0.1, 0.15) is 17.8 Å². The second-order valence-corrected chi connectivity index (χ2v) is 11.6. The van der Waals surface area contributed by atoms with Crippen molar-refractivity contribution in [2.45, 2.75) is 56.5 Å².